The molecule has 1 nitrogen and oxygen atoms in total. The van der Waals surface area contributed by atoms with Gasteiger partial charge in [0.25, 0.3) is 0 Å². The normalized spacial score (nSPS) is 18.1. The number of carbonyl (C=O) groups is 1. The Morgan fingerprint density at radius 3 is 2.22 bits per heavy atom. The maximum atomic E-state index is 13.6. The van der Waals surface area contributed by atoms with E-state index in [4.69, 9.17) is 0 Å². The van der Waals surface area contributed by atoms with Crippen LogP contribution in [0.2, 0.25) is 0 Å². The van der Waals surface area contributed by atoms with E-state index in [9.17, 15) is 13.6 Å². The van der Waals surface area contributed by atoms with Crippen molar-refractivity contribution in [1.82, 2.24) is 0 Å². The first-order chi connectivity index (χ1) is 8.68. The highest BCUT2D eigenvalue weighted by atomic mass is 19.1. The van der Waals surface area contributed by atoms with Crippen molar-refractivity contribution >= 4 is 5.78 Å². The number of hydrogen-bond donors (Lipinski definition) is 0. The Morgan fingerprint density at radius 1 is 1.00 bits per heavy atom. The summed E-state index contributed by atoms with van der Waals surface area (Å²) in [5.41, 5.74) is 0.0435. The summed E-state index contributed by atoms with van der Waals surface area (Å²) in [6.07, 6.45) is 7.24. The predicted molar refractivity (Wildman–Crippen MR) is 66.5 cm³/mol. The van der Waals surface area contributed by atoms with Crippen molar-refractivity contribution in [2.24, 2.45) is 5.92 Å². The van der Waals surface area contributed by atoms with Gasteiger partial charge < -0.3 is 0 Å². The van der Waals surface area contributed by atoms with Crippen LogP contribution in [0.25, 0.3) is 0 Å². The van der Waals surface area contributed by atoms with Gasteiger partial charge in [0.05, 0.1) is 5.56 Å². The monoisotopic (exact) mass is 252 g/mol. The lowest BCUT2D eigenvalue weighted by Gasteiger charge is -2.18. The van der Waals surface area contributed by atoms with E-state index in [0.29, 0.717) is 0 Å². The van der Waals surface area contributed by atoms with E-state index in [-0.39, 0.29) is 17.3 Å². The molecular formula is C15H18F2O. The van der Waals surface area contributed by atoms with E-state index in [2.05, 4.69) is 0 Å². The molecule has 0 aromatic heterocycles. The number of benzene rings is 1. The summed E-state index contributed by atoms with van der Waals surface area (Å²) in [6, 6.07) is 3.21. The summed E-state index contributed by atoms with van der Waals surface area (Å²) in [5.74, 6) is -1.62. The molecule has 0 atom stereocenters. The smallest absolute Gasteiger partial charge is 0.168 e. The van der Waals surface area contributed by atoms with Crippen molar-refractivity contribution < 1.29 is 13.6 Å². The minimum atomic E-state index is -0.734. The van der Waals surface area contributed by atoms with Crippen LogP contribution in [0.3, 0.4) is 0 Å². The lowest BCUT2D eigenvalue weighted by molar-refractivity contribution is 0.0894. The van der Waals surface area contributed by atoms with Crippen LogP contribution in [-0.4, -0.2) is 5.78 Å². The Kier molecular flexibility index (Phi) is 4.45. The Balaban J connectivity index is 2.13. The lowest BCUT2D eigenvalue weighted by Crippen LogP contribution is -2.17. The molecule has 1 fully saturated rings. The molecule has 0 N–H and O–H groups in total. The lowest BCUT2D eigenvalue weighted by atomic mass is 9.85. The average molecular weight is 252 g/mol. The summed E-state index contributed by atoms with van der Waals surface area (Å²) in [7, 11) is 0. The molecule has 1 aromatic rings. The standard InChI is InChI=1S/C15H18F2O/c16-12-8-9-13(14(17)10-12)15(18)11-6-4-2-1-3-5-7-11/h8-11H,1-7H2. The molecule has 0 spiro atoms. The van der Waals surface area contributed by atoms with Crippen molar-refractivity contribution in [3.63, 3.8) is 0 Å². The van der Waals surface area contributed by atoms with E-state index >= 15 is 0 Å². The number of rotatable bonds is 2. The van der Waals surface area contributed by atoms with Crippen LogP contribution in [0, 0.1) is 17.6 Å². The fourth-order valence-corrected chi connectivity index (χ4v) is 2.63. The van der Waals surface area contributed by atoms with Crippen LogP contribution >= 0.6 is 0 Å². The Bertz CT molecular complexity index is 421. The molecule has 1 aliphatic carbocycles. The predicted octanol–water partition coefficient (Wildman–Crippen LogP) is 4.51. The topological polar surface area (TPSA) is 17.1 Å². The molecule has 0 radical (unpaired) electrons. The first-order valence-electron chi connectivity index (χ1n) is 6.68. The van der Waals surface area contributed by atoms with Gasteiger partial charge in [-0.05, 0) is 25.0 Å². The molecule has 0 bridgehead atoms. The van der Waals surface area contributed by atoms with Crippen LogP contribution in [0.1, 0.15) is 55.3 Å². The molecule has 0 aliphatic heterocycles. The van der Waals surface area contributed by atoms with Gasteiger partial charge in [-0.15, -0.1) is 0 Å². The molecule has 0 heterocycles. The average Bonchev–Trinajstić information content (AvgIpc) is 2.27. The van der Waals surface area contributed by atoms with Gasteiger partial charge in [-0.3, -0.25) is 4.79 Å². The molecule has 0 unspecified atom stereocenters. The van der Waals surface area contributed by atoms with Gasteiger partial charge in [-0.1, -0.05) is 32.1 Å². The summed E-state index contributed by atoms with van der Waals surface area (Å²) in [4.78, 5) is 12.2. The van der Waals surface area contributed by atoms with Crippen LogP contribution in [0.4, 0.5) is 8.78 Å². The van der Waals surface area contributed by atoms with Crippen LogP contribution in [-0.2, 0) is 0 Å². The van der Waals surface area contributed by atoms with Crippen LogP contribution < -0.4 is 0 Å². The molecule has 0 amide bonds. The molecule has 2 rings (SSSR count). The summed E-state index contributed by atoms with van der Waals surface area (Å²) in [5, 5.41) is 0. The second-order valence-corrected chi connectivity index (χ2v) is 5.03. The summed E-state index contributed by atoms with van der Waals surface area (Å²) < 4.78 is 26.4. The molecule has 0 saturated heterocycles. The van der Waals surface area contributed by atoms with E-state index in [1.165, 1.54) is 12.5 Å². The highest BCUT2D eigenvalue weighted by molar-refractivity contribution is 5.98. The fraction of sp³-hybridized carbons (Fsp3) is 0.533. The maximum Gasteiger partial charge on any atom is 0.168 e. The second-order valence-electron chi connectivity index (χ2n) is 5.03. The van der Waals surface area contributed by atoms with Gasteiger partial charge in [0.2, 0.25) is 0 Å². The molecule has 3 heteroatoms. The summed E-state index contributed by atoms with van der Waals surface area (Å²) in [6.45, 7) is 0. The Labute approximate surface area is 106 Å². The number of ketones is 1. The van der Waals surface area contributed by atoms with E-state index in [1.54, 1.807) is 0 Å². The van der Waals surface area contributed by atoms with Crippen LogP contribution in [0.15, 0.2) is 18.2 Å². The molecular weight excluding hydrogens is 234 g/mol. The molecule has 1 aromatic carbocycles. The quantitative estimate of drug-likeness (QED) is 0.708. The van der Waals surface area contributed by atoms with Gasteiger partial charge in [0, 0.05) is 12.0 Å². The largest absolute Gasteiger partial charge is 0.294 e. The molecule has 18 heavy (non-hydrogen) atoms. The van der Waals surface area contributed by atoms with Gasteiger partial charge in [0.15, 0.2) is 5.78 Å². The van der Waals surface area contributed by atoms with Crippen LogP contribution in [0.5, 0.6) is 0 Å². The maximum absolute atomic E-state index is 13.6. The van der Waals surface area contributed by atoms with Crippen molar-refractivity contribution in [3.8, 4) is 0 Å². The van der Waals surface area contributed by atoms with Crippen molar-refractivity contribution in [2.45, 2.75) is 44.9 Å². The first-order valence-corrected chi connectivity index (χ1v) is 6.68. The number of hydrogen-bond acceptors (Lipinski definition) is 1. The third-order valence-corrected chi connectivity index (χ3v) is 3.67. The zero-order valence-corrected chi connectivity index (χ0v) is 10.4. The third-order valence-electron chi connectivity index (χ3n) is 3.67. The third kappa shape index (κ3) is 3.15. The minimum absolute atomic E-state index is 0.0435. The molecule has 98 valence electrons. The zero-order valence-electron chi connectivity index (χ0n) is 10.4. The number of Topliss-reactive ketones (excluding diaryl/α,β-unsaturated/α-hetero) is 1. The molecule has 1 saturated carbocycles. The molecule has 1 aliphatic rings. The van der Waals surface area contributed by atoms with E-state index < -0.39 is 11.6 Å². The van der Waals surface area contributed by atoms with Crippen molar-refractivity contribution in [1.29, 1.82) is 0 Å². The SMILES string of the molecule is O=C(c1ccc(F)cc1F)C1CCCCCCC1. The number of carbonyl (C=O) groups excluding carboxylic acids is 1. The van der Waals surface area contributed by atoms with E-state index in [0.717, 1.165) is 50.7 Å². The first kappa shape index (κ1) is 13.2. The van der Waals surface area contributed by atoms with Gasteiger partial charge in [-0.25, -0.2) is 8.78 Å². The van der Waals surface area contributed by atoms with Gasteiger partial charge in [0.1, 0.15) is 11.6 Å². The van der Waals surface area contributed by atoms with Gasteiger partial charge >= 0.3 is 0 Å². The van der Waals surface area contributed by atoms with Crippen molar-refractivity contribution in [3.05, 3.63) is 35.4 Å². The minimum Gasteiger partial charge on any atom is -0.294 e. The zero-order chi connectivity index (χ0) is 13.0. The number of halogens is 2. The highest BCUT2D eigenvalue weighted by Gasteiger charge is 2.23. The van der Waals surface area contributed by atoms with Crippen molar-refractivity contribution in [2.75, 3.05) is 0 Å². The van der Waals surface area contributed by atoms with E-state index in [1.807, 2.05) is 0 Å². The summed E-state index contributed by atoms with van der Waals surface area (Å²) >= 11 is 0. The Hall–Kier alpha value is -1.25. The highest BCUT2D eigenvalue weighted by Crippen LogP contribution is 2.26. The Morgan fingerprint density at radius 2 is 1.61 bits per heavy atom. The fourth-order valence-electron chi connectivity index (χ4n) is 2.63. The second kappa shape index (κ2) is 6.07. The van der Waals surface area contributed by atoms with Gasteiger partial charge in [-0.2, -0.15) is 0 Å².